The number of hydrogen-bond acceptors (Lipinski definition) is 1. The summed E-state index contributed by atoms with van der Waals surface area (Å²) in [6, 6.07) is 0.0860. The summed E-state index contributed by atoms with van der Waals surface area (Å²) in [5.74, 6) is 0. The third kappa shape index (κ3) is 1.44. The van der Waals surface area contributed by atoms with Gasteiger partial charge in [0.05, 0.1) is 0 Å². The molecule has 0 unspecified atom stereocenters. The number of nitrogens with zero attached hydrogens (tertiary/aromatic N) is 1. The van der Waals surface area contributed by atoms with Gasteiger partial charge in [-0.05, 0) is 39.1 Å². The maximum atomic E-state index is 8.28. The SMILES string of the molecule is [2H]C[C@@]1([2H])CCCC[C@H]2CCCN21. The van der Waals surface area contributed by atoms with Crippen molar-refractivity contribution in [2.24, 2.45) is 0 Å². The Kier molecular flexibility index (Phi) is 1.59. The zero-order valence-electron chi connectivity index (χ0n) is 9.18. The van der Waals surface area contributed by atoms with Crippen molar-refractivity contribution in [2.75, 3.05) is 6.54 Å². The van der Waals surface area contributed by atoms with Gasteiger partial charge in [0.15, 0.2) is 0 Å². The second-order valence-electron chi connectivity index (χ2n) is 3.80. The van der Waals surface area contributed by atoms with E-state index in [0.717, 1.165) is 19.4 Å². The predicted molar refractivity (Wildman–Crippen MR) is 47.7 cm³/mol. The second-order valence-corrected chi connectivity index (χ2v) is 3.80. The fourth-order valence-electron chi connectivity index (χ4n) is 2.40. The summed E-state index contributed by atoms with van der Waals surface area (Å²) in [7, 11) is 0. The smallest absolute Gasteiger partial charge is 0.0464 e. The maximum absolute atomic E-state index is 8.28. The van der Waals surface area contributed by atoms with Gasteiger partial charge in [0.2, 0.25) is 0 Å². The van der Waals surface area contributed by atoms with Gasteiger partial charge in [-0.25, -0.2) is 0 Å². The average Bonchev–Trinajstić information content (AvgIpc) is 2.55. The first kappa shape index (κ1) is 5.58. The minimum Gasteiger partial charge on any atom is -0.298 e. The molecule has 0 aromatic heterocycles. The molecule has 2 fully saturated rings. The Balaban J connectivity index is 2.15. The molecule has 0 aromatic carbocycles. The highest BCUT2D eigenvalue weighted by atomic mass is 15.2. The Hall–Kier alpha value is -0.0400. The first-order valence-corrected chi connectivity index (χ1v) is 4.82. The Morgan fingerprint density at radius 1 is 1.27 bits per heavy atom. The van der Waals surface area contributed by atoms with E-state index in [9.17, 15) is 0 Å². The fraction of sp³-hybridized carbons (Fsp3) is 1.00. The lowest BCUT2D eigenvalue weighted by atomic mass is 10.1. The van der Waals surface area contributed by atoms with Crippen molar-refractivity contribution in [2.45, 2.75) is 57.5 Å². The van der Waals surface area contributed by atoms with Gasteiger partial charge in [0, 0.05) is 14.8 Å². The van der Waals surface area contributed by atoms with Crippen molar-refractivity contribution in [1.29, 1.82) is 0 Å². The summed E-state index contributed by atoms with van der Waals surface area (Å²) in [6.45, 7) is 1.32. The van der Waals surface area contributed by atoms with Crippen LogP contribution in [0.1, 0.15) is 48.2 Å². The standard InChI is InChI=1S/C10H19N/c1-9-5-2-3-6-10-7-4-8-11(9)10/h9-10H,2-8H2,1H3/t9-,10-/m0/s1/i1D,9D. The normalized spacial score (nSPS) is 49.3. The van der Waals surface area contributed by atoms with Crippen LogP contribution in [-0.4, -0.2) is 23.5 Å². The summed E-state index contributed by atoms with van der Waals surface area (Å²) < 4.78 is 15.8. The number of hydrogen-bond donors (Lipinski definition) is 0. The zero-order valence-corrected chi connectivity index (χ0v) is 7.18. The summed E-state index contributed by atoms with van der Waals surface area (Å²) in [5, 5.41) is 0. The fourth-order valence-corrected chi connectivity index (χ4v) is 2.40. The summed E-state index contributed by atoms with van der Waals surface area (Å²) in [4.78, 5) is 2.30. The predicted octanol–water partition coefficient (Wildman–Crippen LogP) is 2.41. The van der Waals surface area contributed by atoms with Crippen LogP contribution in [0.3, 0.4) is 0 Å². The highest BCUT2D eigenvalue weighted by molar-refractivity contribution is 4.85. The van der Waals surface area contributed by atoms with Crippen LogP contribution < -0.4 is 0 Å². The van der Waals surface area contributed by atoms with Crippen molar-refractivity contribution < 1.29 is 2.74 Å². The number of rotatable bonds is 0. The molecule has 0 saturated carbocycles. The van der Waals surface area contributed by atoms with E-state index in [2.05, 4.69) is 4.90 Å². The van der Waals surface area contributed by atoms with Gasteiger partial charge in [-0.3, -0.25) is 4.90 Å². The van der Waals surface area contributed by atoms with Gasteiger partial charge < -0.3 is 0 Å². The monoisotopic (exact) mass is 155 g/mol. The van der Waals surface area contributed by atoms with E-state index < -0.39 is 6.02 Å². The maximum Gasteiger partial charge on any atom is 0.0464 e. The van der Waals surface area contributed by atoms with Crippen LogP contribution >= 0.6 is 0 Å². The van der Waals surface area contributed by atoms with Crippen molar-refractivity contribution in [3.63, 3.8) is 0 Å². The molecule has 2 heterocycles. The van der Waals surface area contributed by atoms with Crippen LogP contribution in [0.15, 0.2) is 0 Å². The van der Waals surface area contributed by atoms with E-state index >= 15 is 0 Å². The molecule has 0 aromatic rings. The largest absolute Gasteiger partial charge is 0.298 e. The Morgan fingerprint density at radius 3 is 3.00 bits per heavy atom. The lowest BCUT2D eigenvalue weighted by molar-refractivity contribution is 0.194. The summed E-state index contributed by atoms with van der Waals surface area (Å²) in [5.41, 5.74) is 0. The third-order valence-electron chi connectivity index (χ3n) is 3.04. The van der Waals surface area contributed by atoms with E-state index in [4.69, 9.17) is 2.74 Å². The highest BCUT2D eigenvalue weighted by Gasteiger charge is 2.29. The highest BCUT2D eigenvalue weighted by Crippen LogP contribution is 2.29. The molecule has 0 bridgehead atoms. The molecule has 1 nitrogen and oxygen atoms in total. The van der Waals surface area contributed by atoms with Gasteiger partial charge >= 0.3 is 0 Å². The average molecular weight is 155 g/mol. The molecule has 0 aliphatic carbocycles. The molecule has 2 saturated heterocycles. The second kappa shape index (κ2) is 3.14. The zero-order chi connectivity index (χ0) is 9.31. The van der Waals surface area contributed by atoms with E-state index in [1.54, 1.807) is 0 Å². The Labute approximate surface area is 72.6 Å². The molecule has 11 heavy (non-hydrogen) atoms. The molecular formula is C10H19N. The molecule has 64 valence electrons. The minimum absolute atomic E-state index is 0.253. The van der Waals surface area contributed by atoms with E-state index in [-0.39, 0.29) is 6.90 Å². The van der Waals surface area contributed by atoms with E-state index in [1.165, 1.54) is 25.7 Å². The van der Waals surface area contributed by atoms with Crippen molar-refractivity contribution in [3.8, 4) is 0 Å². The molecule has 0 amide bonds. The minimum atomic E-state index is -0.544. The topological polar surface area (TPSA) is 3.24 Å². The van der Waals surface area contributed by atoms with Crippen molar-refractivity contribution >= 4 is 0 Å². The summed E-state index contributed by atoms with van der Waals surface area (Å²) >= 11 is 0. The van der Waals surface area contributed by atoms with Crippen LogP contribution in [0.25, 0.3) is 0 Å². The van der Waals surface area contributed by atoms with Gasteiger partial charge in [0.25, 0.3) is 0 Å². The Morgan fingerprint density at radius 2 is 2.09 bits per heavy atom. The molecule has 0 N–H and O–H groups in total. The van der Waals surface area contributed by atoms with E-state index in [1.807, 2.05) is 0 Å². The first-order chi connectivity index (χ1) is 6.26. The molecule has 2 aliphatic heterocycles. The van der Waals surface area contributed by atoms with Gasteiger partial charge in [0.1, 0.15) is 0 Å². The molecule has 2 aliphatic rings. The molecule has 2 rings (SSSR count). The van der Waals surface area contributed by atoms with Gasteiger partial charge in [-0.2, -0.15) is 0 Å². The summed E-state index contributed by atoms with van der Waals surface area (Å²) in [6.07, 6.45) is 7.09. The molecule has 0 spiro atoms. The van der Waals surface area contributed by atoms with Crippen molar-refractivity contribution in [3.05, 3.63) is 0 Å². The molecule has 1 heteroatoms. The first-order valence-electron chi connectivity index (χ1n) is 6.03. The number of fused-ring (bicyclic) bond motifs is 1. The van der Waals surface area contributed by atoms with Gasteiger partial charge in [-0.1, -0.05) is 12.8 Å². The van der Waals surface area contributed by atoms with Crippen LogP contribution in [0.5, 0.6) is 0 Å². The lowest BCUT2D eigenvalue weighted by Gasteiger charge is -2.27. The molecule has 0 radical (unpaired) electrons. The van der Waals surface area contributed by atoms with E-state index in [0.29, 0.717) is 6.04 Å². The Bertz CT molecular complexity index is 186. The molecule has 2 atom stereocenters. The van der Waals surface area contributed by atoms with Gasteiger partial charge in [-0.15, -0.1) is 0 Å². The lowest BCUT2D eigenvalue weighted by Crippen LogP contribution is -2.35. The third-order valence-corrected chi connectivity index (χ3v) is 3.04. The van der Waals surface area contributed by atoms with Crippen LogP contribution in [0.4, 0.5) is 0 Å². The molecular weight excluding hydrogens is 134 g/mol. The quantitative estimate of drug-likeness (QED) is 0.519. The van der Waals surface area contributed by atoms with Crippen LogP contribution in [0.2, 0.25) is 0 Å². The van der Waals surface area contributed by atoms with Crippen LogP contribution in [0, 0.1) is 0 Å². The van der Waals surface area contributed by atoms with Crippen LogP contribution in [-0.2, 0) is 0 Å². The van der Waals surface area contributed by atoms with Crippen molar-refractivity contribution in [1.82, 2.24) is 4.90 Å².